The molecule has 0 saturated carbocycles. The molecule has 1 fully saturated rings. The maximum Gasteiger partial charge on any atom is 0.243 e. The number of carbonyl (C=O) groups is 2. The van der Waals surface area contributed by atoms with Crippen LogP contribution >= 0.6 is 0 Å². The van der Waals surface area contributed by atoms with E-state index in [0.717, 1.165) is 24.8 Å². The Morgan fingerprint density at radius 3 is 2.69 bits per heavy atom. The zero-order valence-corrected chi connectivity index (χ0v) is 16.2. The highest BCUT2D eigenvalue weighted by Gasteiger charge is 2.32. The van der Waals surface area contributed by atoms with Gasteiger partial charge in [0.2, 0.25) is 11.8 Å². The molecule has 0 aliphatic carbocycles. The lowest BCUT2D eigenvalue weighted by Crippen LogP contribution is -2.52. The van der Waals surface area contributed by atoms with E-state index >= 15 is 0 Å². The molecule has 6 nitrogen and oxygen atoms in total. The van der Waals surface area contributed by atoms with Crippen molar-refractivity contribution in [1.82, 2.24) is 10.2 Å². The second-order valence-corrected chi connectivity index (χ2v) is 6.83. The van der Waals surface area contributed by atoms with Gasteiger partial charge in [0.05, 0.1) is 13.7 Å². The molecule has 1 aromatic rings. The van der Waals surface area contributed by atoms with Crippen molar-refractivity contribution >= 4 is 11.8 Å². The quantitative estimate of drug-likeness (QED) is 0.810. The summed E-state index contributed by atoms with van der Waals surface area (Å²) in [4.78, 5) is 26.8. The Labute approximate surface area is 155 Å². The summed E-state index contributed by atoms with van der Waals surface area (Å²) in [5.41, 5.74) is 0.927. The van der Waals surface area contributed by atoms with Crippen molar-refractivity contribution in [3.8, 4) is 11.5 Å². The van der Waals surface area contributed by atoms with Crippen LogP contribution < -0.4 is 14.8 Å². The first-order valence-electron chi connectivity index (χ1n) is 9.35. The predicted octanol–water partition coefficient (Wildman–Crippen LogP) is 2.75. The minimum absolute atomic E-state index is 0.0487. The van der Waals surface area contributed by atoms with Crippen LogP contribution in [0.4, 0.5) is 0 Å². The van der Waals surface area contributed by atoms with E-state index in [1.54, 1.807) is 12.0 Å². The first kappa shape index (κ1) is 20.1. The van der Waals surface area contributed by atoms with E-state index in [2.05, 4.69) is 5.32 Å². The summed E-state index contributed by atoms with van der Waals surface area (Å²) in [5, 5.41) is 2.97. The standard InChI is InChI=1S/C20H30N2O4/c1-5-26-17-10-9-15(12-18(17)25-4)13-21-19(23)16-8-6-7-11-22(16)20(24)14(2)3/h9-10,12,14,16H,5-8,11,13H2,1-4H3,(H,21,23)/t16-/m1/s1. The number of piperidine rings is 1. The highest BCUT2D eigenvalue weighted by atomic mass is 16.5. The topological polar surface area (TPSA) is 67.9 Å². The van der Waals surface area contributed by atoms with E-state index in [-0.39, 0.29) is 23.8 Å². The highest BCUT2D eigenvalue weighted by Crippen LogP contribution is 2.28. The lowest BCUT2D eigenvalue weighted by molar-refractivity contribution is -0.144. The molecule has 1 aliphatic rings. The van der Waals surface area contributed by atoms with E-state index in [1.165, 1.54) is 0 Å². The molecule has 2 amide bonds. The van der Waals surface area contributed by atoms with E-state index in [0.29, 0.717) is 31.2 Å². The van der Waals surface area contributed by atoms with Crippen molar-refractivity contribution in [2.75, 3.05) is 20.3 Å². The Morgan fingerprint density at radius 2 is 2.04 bits per heavy atom. The number of methoxy groups -OCH3 is 1. The maximum absolute atomic E-state index is 12.7. The third-order valence-electron chi connectivity index (χ3n) is 4.58. The fourth-order valence-electron chi connectivity index (χ4n) is 3.20. The predicted molar refractivity (Wildman–Crippen MR) is 100 cm³/mol. The van der Waals surface area contributed by atoms with Crippen LogP contribution in [0.1, 0.15) is 45.6 Å². The molecule has 1 aromatic carbocycles. The van der Waals surface area contributed by atoms with E-state index < -0.39 is 0 Å². The molecule has 1 N–H and O–H groups in total. The number of likely N-dealkylation sites (tertiary alicyclic amines) is 1. The van der Waals surface area contributed by atoms with Gasteiger partial charge in [-0.15, -0.1) is 0 Å². The molecular formula is C20H30N2O4. The summed E-state index contributed by atoms with van der Waals surface area (Å²) >= 11 is 0. The number of hydrogen-bond acceptors (Lipinski definition) is 4. The van der Waals surface area contributed by atoms with Gasteiger partial charge < -0.3 is 19.7 Å². The van der Waals surface area contributed by atoms with Crippen LogP contribution in [0.2, 0.25) is 0 Å². The fraction of sp³-hybridized carbons (Fsp3) is 0.600. The molecule has 1 heterocycles. The monoisotopic (exact) mass is 362 g/mol. The zero-order valence-electron chi connectivity index (χ0n) is 16.2. The third-order valence-corrected chi connectivity index (χ3v) is 4.58. The van der Waals surface area contributed by atoms with Gasteiger partial charge in [-0.2, -0.15) is 0 Å². The first-order chi connectivity index (χ1) is 12.5. The third kappa shape index (κ3) is 4.90. The first-order valence-corrected chi connectivity index (χ1v) is 9.35. The molecule has 2 rings (SSSR count). The minimum atomic E-state index is -0.372. The van der Waals surface area contributed by atoms with Gasteiger partial charge in [-0.05, 0) is 43.9 Å². The molecule has 0 bridgehead atoms. The van der Waals surface area contributed by atoms with Crippen LogP contribution in [-0.2, 0) is 16.1 Å². The molecule has 26 heavy (non-hydrogen) atoms. The minimum Gasteiger partial charge on any atom is -0.493 e. The zero-order chi connectivity index (χ0) is 19.1. The molecule has 1 atom stereocenters. The molecule has 0 unspecified atom stereocenters. The van der Waals surface area contributed by atoms with Crippen molar-refractivity contribution in [2.24, 2.45) is 5.92 Å². The number of rotatable bonds is 7. The lowest BCUT2D eigenvalue weighted by Gasteiger charge is -2.35. The molecule has 144 valence electrons. The van der Waals surface area contributed by atoms with Crippen LogP contribution in [-0.4, -0.2) is 43.0 Å². The number of ether oxygens (including phenoxy) is 2. The van der Waals surface area contributed by atoms with Crippen molar-refractivity contribution in [3.05, 3.63) is 23.8 Å². The Balaban J connectivity index is 2.01. The summed E-state index contributed by atoms with van der Waals surface area (Å²) in [6.45, 7) is 7.28. The molecule has 0 aromatic heterocycles. The van der Waals surface area contributed by atoms with Gasteiger partial charge in [0, 0.05) is 19.0 Å². The second kappa shape index (κ2) is 9.46. The molecule has 6 heteroatoms. The van der Waals surface area contributed by atoms with Crippen LogP contribution in [0.3, 0.4) is 0 Å². The average molecular weight is 362 g/mol. The Hall–Kier alpha value is -2.24. The fourth-order valence-corrected chi connectivity index (χ4v) is 3.20. The van der Waals surface area contributed by atoms with Crippen molar-refractivity contribution in [2.45, 2.75) is 52.6 Å². The van der Waals surface area contributed by atoms with Gasteiger partial charge in [0.1, 0.15) is 6.04 Å². The summed E-state index contributed by atoms with van der Waals surface area (Å²) in [7, 11) is 1.59. The molecule has 0 spiro atoms. The van der Waals surface area contributed by atoms with Crippen molar-refractivity contribution in [1.29, 1.82) is 0 Å². The van der Waals surface area contributed by atoms with Crippen LogP contribution in [0.5, 0.6) is 11.5 Å². The second-order valence-electron chi connectivity index (χ2n) is 6.83. The van der Waals surface area contributed by atoms with Crippen molar-refractivity contribution in [3.63, 3.8) is 0 Å². The summed E-state index contributed by atoms with van der Waals surface area (Å²) in [6, 6.07) is 5.25. The Bertz CT molecular complexity index is 630. The van der Waals surface area contributed by atoms with E-state index in [9.17, 15) is 9.59 Å². The highest BCUT2D eigenvalue weighted by molar-refractivity contribution is 5.88. The maximum atomic E-state index is 12.7. The van der Waals surface area contributed by atoms with E-state index in [1.807, 2.05) is 39.0 Å². The number of carbonyl (C=O) groups excluding carboxylic acids is 2. The molecule has 1 aliphatic heterocycles. The van der Waals surface area contributed by atoms with Crippen molar-refractivity contribution < 1.29 is 19.1 Å². The van der Waals surface area contributed by atoms with Crippen LogP contribution in [0, 0.1) is 5.92 Å². The summed E-state index contributed by atoms with van der Waals surface area (Å²) in [5.74, 6) is 1.19. The van der Waals surface area contributed by atoms with Gasteiger partial charge in [-0.3, -0.25) is 9.59 Å². The van der Waals surface area contributed by atoms with Crippen LogP contribution in [0.15, 0.2) is 18.2 Å². The largest absolute Gasteiger partial charge is 0.493 e. The summed E-state index contributed by atoms with van der Waals surface area (Å²) < 4.78 is 10.9. The molecular weight excluding hydrogens is 332 g/mol. The van der Waals surface area contributed by atoms with Gasteiger partial charge in [-0.25, -0.2) is 0 Å². The van der Waals surface area contributed by atoms with Gasteiger partial charge in [0.15, 0.2) is 11.5 Å². The number of hydrogen-bond donors (Lipinski definition) is 1. The van der Waals surface area contributed by atoms with Gasteiger partial charge >= 0.3 is 0 Å². The van der Waals surface area contributed by atoms with E-state index in [4.69, 9.17) is 9.47 Å². The lowest BCUT2D eigenvalue weighted by atomic mass is 9.99. The van der Waals surface area contributed by atoms with Gasteiger partial charge in [-0.1, -0.05) is 19.9 Å². The normalized spacial score (nSPS) is 17.1. The van der Waals surface area contributed by atoms with Gasteiger partial charge in [0.25, 0.3) is 0 Å². The molecule has 0 radical (unpaired) electrons. The van der Waals surface area contributed by atoms with Crippen LogP contribution in [0.25, 0.3) is 0 Å². The average Bonchev–Trinajstić information content (AvgIpc) is 2.66. The number of benzene rings is 1. The Kier molecular flexibility index (Phi) is 7.30. The number of amides is 2. The summed E-state index contributed by atoms with van der Waals surface area (Å²) in [6.07, 6.45) is 2.64. The number of nitrogens with one attached hydrogen (secondary N) is 1. The SMILES string of the molecule is CCOc1ccc(CNC(=O)[C@H]2CCCCN2C(=O)C(C)C)cc1OC. The Morgan fingerprint density at radius 1 is 1.27 bits per heavy atom. The smallest absolute Gasteiger partial charge is 0.243 e. The molecule has 1 saturated heterocycles. The number of nitrogens with zero attached hydrogens (tertiary/aromatic N) is 1.